The monoisotopic (exact) mass is 286 g/mol. The first-order valence-corrected chi connectivity index (χ1v) is 7.57. The second-order valence-electron chi connectivity index (χ2n) is 5.79. The molecule has 112 valence electrons. The number of piperidine rings is 1. The van der Waals surface area contributed by atoms with Crippen molar-refractivity contribution in [1.29, 1.82) is 0 Å². The molecular formula is C16H22N4O. The van der Waals surface area contributed by atoms with Crippen LogP contribution >= 0.6 is 0 Å². The van der Waals surface area contributed by atoms with E-state index < -0.39 is 0 Å². The minimum absolute atomic E-state index is 0.638. The van der Waals surface area contributed by atoms with Crippen LogP contribution < -0.4 is 5.32 Å². The van der Waals surface area contributed by atoms with Crippen LogP contribution in [0.3, 0.4) is 0 Å². The highest BCUT2D eigenvalue weighted by Crippen LogP contribution is 2.19. The summed E-state index contributed by atoms with van der Waals surface area (Å²) in [6.45, 7) is 6.08. The molecule has 1 atom stereocenters. The van der Waals surface area contributed by atoms with Crippen molar-refractivity contribution in [3.63, 3.8) is 0 Å². The Labute approximate surface area is 125 Å². The molecule has 0 spiro atoms. The quantitative estimate of drug-likeness (QED) is 0.916. The largest absolute Gasteiger partial charge is 0.468 e. The maximum absolute atomic E-state index is 5.43. The van der Waals surface area contributed by atoms with Crippen LogP contribution in [0.5, 0.6) is 0 Å². The highest BCUT2D eigenvalue weighted by molar-refractivity contribution is 5.24. The standard InChI is InChI=1S/C16H22N4O/c1-13-8-17-16(18-9-13)19-10-14-4-2-6-20(11-14)12-15-5-3-7-21-15/h3,5,7-9,14H,2,4,6,10-12H2,1H3,(H,17,18,19)/t14-/m1/s1. The van der Waals surface area contributed by atoms with E-state index in [1.165, 1.54) is 12.8 Å². The van der Waals surface area contributed by atoms with Gasteiger partial charge in [-0.25, -0.2) is 9.97 Å². The Morgan fingerprint density at radius 2 is 2.24 bits per heavy atom. The van der Waals surface area contributed by atoms with E-state index in [0.29, 0.717) is 5.92 Å². The van der Waals surface area contributed by atoms with Crippen molar-refractivity contribution in [2.75, 3.05) is 25.0 Å². The van der Waals surface area contributed by atoms with Gasteiger partial charge in [0.25, 0.3) is 0 Å². The van der Waals surface area contributed by atoms with Crippen LogP contribution in [0.1, 0.15) is 24.2 Å². The van der Waals surface area contributed by atoms with Crippen LogP contribution in [-0.2, 0) is 6.54 Å². The number of aryl methyl sites for hydroxylation is 1. The van der Waals surface area contributed by atoms with Crippen LogP contribution in [0.25, 0.3) is 0 Å². The van der Waals surface area contributed by atoms with Gasteiger partial charge in [0.2, 0.25) is 5.95 Å². The predicted octanol–water partition coefficient (Wildman–Crippen LogP) is 2.70. The maximum atomic E-state index is 5.43. The average molecular weight is 286 g/mol. The van der Waals surface area contributed by atoms with Crippen LogP contribution in [0.4, 0.5) is 5.95 Å². The summed E-state index contributed by atoms with van der Waals surface area (Å²) in [5.74, 6) is 2.41. The van der Waals surface area contributed by atoms with Crippen LogP contribution in [-0.4, -0.2) is 34.5 Å². The molecule has 1 saturated heterocycles. The number of rotatable bonds is 5. The van der Waals surface area contributed by atoms with Gasteiger partial charge in [-0.1, -0.05) is 0 Å². The molecule has 0 unspecified atom stereocenters. The molecule has 1 aliphatic rings. The lowest BCUT2D eigenvalue weighted by atomic mass is 9.98. The summed E-state index contributed by atoms with van der Waals surface area (Å²) in [4.78, 5) is 11.0. The van der Waals surface area contributed by atoms with Gasteiger partial charge in [-0.3, -0.25) is 4.90 Å². The molecular weight excluding hydrogens is 264 g/mol. The number of likely N-dealkylation sites (tertiary alicyclic amines) is 1. The molecule has 0 radical (unpaired) electrons. The first-order chi connectivity index (χ1) is 10.3. The Morgan fingerprint density at radius 1 is 1.38 bits per heavy atom. The smallest absolute Gasteiger partial charge is 0.222 e. The zero-order valence-corrected chi connectivity index (χ0v) is 12.5. The summed E-state index contributed by atoms with van der Waals surface area (Å²) in [5, 5.41) is 3.35. The number of nitrogens with zero attached hydrogens (tertiary/aromatic N) is 3. The molecule has 0 aliphatic carbocycles. The Kier molecular flexibility index (Phi) is 4.50. The fourth-order valence-corrected chi connectivity index (χ4v) is 2.80. The highest BCUT2D eigenvalue weighted by Gasteiger charge is 2.20. The number of hydrogen-bond donors (Lipinski definition) is 1. The molecule has 0 bridgehead atoms. The third-order valence-corrected chi connectivity index (χ3v) is 3.89. The van der Waals surface area contributed by atoms with Crippen LogP contribution in [0, 0.1) is 12.8 Å². The lowest BCUT2D eigenvalue weighted by Crippen LogP contribution is -2.37. The Balaban J connectivity index is 1.48. The van der Waals surface area contributed by atoms with Gasteiger partial charge in [-0.05, 0) is 49.9 Å². The molecule has 0 aromatic carbocycles. The zero-order chi connectivity index (χ0) is 14.5. The van der Waals surface area contributed by atoms with Gasteiger partial charge in [0.05, 0.1) is 12.8 Å². The molecule has 2 aromatic rings. The molecule has 5 heteroatoms. The molecule has 2 aromatic heterocycles. The molecule has 21 heavy (non-hydrogen) atoms. The summed E-state index contributed by atoms with van der Waals surface area (Å²) in [6.07, 6.45) is 7.93. The van der Waals surface area contributed by atoms with Crippen LogP contribution in [0.15, 0.2) is 35.2 Å². The Morgan fingerprint density at radius 3 is 3.00 bits per heavy atom. The third kappa shape index (κ3) is 4.04. The Hall–Kier alpha value is -1.88. The van der Waals surface area contributed by atoms with Crippen molar-refractivity contribution in [2.24, 2.45) is 5.92 Å². The van der Waals surface area contributed by atoms with Gasteiger partial charge in [0.1, 0.15) is 5.76 Å². The molecule has 1 fully saturated rings. The number of nitrogens with one attached hydrogen (secondary N) is 1. The number of hydrogen-bond acceptors (Lipinski definition) is 5. The lowest BCUT2D eigenvalue weighted by Gasteiger charge is -2.32. The minimum Gasteiger partial charge on any atom is -0.468 e. The average Bonchev–Trinajstić information content (AvgIpc) is 3.00. The van der Waals surface area contributed by atoms with Gasteiger partial charge in [0, 0.05) is 25.5 Å². The normalized spacial score (nSPS) is 19.6. The van der Waals surface area contributed by atoms with E-state index >= 15 is 0 Å². The molecule has 0 amide bonds. The summed E-state index contributed by atoms with van der Waals surface area (Å²) in [5.41, 5.74) is 1.09. The molecule has 0 saturated carbocycles. The van der Waals surface area contributed by atoms with E-state index in [2.05, 4.69) is 20.2 Å². The van der Waals surface area contributed by atoms with Crippen molar-refractivity contribution in [3.05, 3.63) is 42.1 Å². The van der Waals surface area contributed by atoms with Gasteiger partial charge in [-0.15, -0.1) is 0 Å². The van der Waals surface area contributed by atoms with Crippen molar-refractivity contribution in [2.45, 2.75) is 26.3 Å². The van der Waals surface area contributed by atoms with Gasteiger partial charge in [-0.2, -0.15) is 0 Å². The minimum atomic E-state index is 0.638. The predicted molar refractivity (Wildman–Crippen MR) is 82.0 cm³/mol. The van der Waals surface area contributed by atoms with Crippen molar-refractivity contribution < 1.29 is 4.42 Å². The first kappa shape index (κ1) is 14.1. The van der Waals surface area contributed by atoms with Crippen LogP contribution in [0.2, 0.25) is 0 Å². The maximum Gasteiger partial charge on any atom is 0.222 e. The summed E-state index contributed by atoms with van der Waals surface area (Å²) in [7, 11) is 0. The van der Waals surface area contributed by atoms with E-state index in [0.717, 1.165) is 43.5 Å². The van der Waals surface area contributed by atoms with E-state index in [4.69, 9.17) is 4.42 Å². The number of aromatic nitrogens is 2. The summed E-state index contributed by atoms with van der Waals surface area (Å²) in [6, 6.07) is 4.00. The molecule has 3 rings (SSSR count). The van der Waals surface area contributed by atoms with Gasteiger partial charge >= 0.3 is 0 Å². The summed E-state index contributed by atoms with van der Waals surface area (Å²) >= 11 is 0. The second kappa shape index (κ2) is 6.72. The molecule has 1 aliphatic heterocycles. The number of furan rings is 1. The van der Waals surface area contributed by atoms with E-state index in [-0.39, 0.29) is 0 Å². The summed E-state index contributed by atoms with van der Waals surface area (Å²) < 4.78 is 5.43. The zero-order valence-electron chi connectivity index (χ0n) is 12.5. The third-order valence-electron chi connectivity index (χ3n) is 3.89. The van der Waals surface area contributed by atoms with E-state index in [1.807, 2.05) is 31.5 Å². The fraction of sp³-hybridized carbons (Fsp3) is 0.500. The molecule has 5 nitrogen and oxygen atoms in total. The first-order valence-electron chi connectivity index (χ1n) is 7.57. The lowest BCUT2D eigenvalue weighted by molar-refractivity contribution is 0.162. The van der Waals surface area contributed by atoms with E-state index in [1.54, 1.807) is 6.26 Å². The highest BCUT2D eigenvalue weighted by atomic mass is 16.3. The topological polar surface area (TPSA) is 54.2 Å². The van der Waals surface area contributed by atoms with Crippen molar-refractivity contribution in [3.8, 4) is 0 Å². The SMILES string of the molecule is Cc1cnc(NC[C@H]2CCCN(Cc3ccco3)C2)nc1. The second-order valence-corrected chi connectivity index (χ2v) is 5.79. The van der Waals surface area contributed by atoms with E-state index in [9.17, 15) is 0 Å². The molecule has 3 heterocycles. The Bertz CT molecular complexity index is 538. The van der Waals surface area contributed by atoms with Crippen molar-refractivity contribution in [1.82, 2.24) is 14.9 Å². The number of anilines is 1. The van der Waals surface area contributed by atoms with Crippen molar-refractivity contribution >= 4 is 5.95 Å². The van der Waals surface area contributed by atoms with Gasteiger partial charge in [0.15, 0.2) is 0 Å². The molecule has 1 N–H and O–H groups in total. The fourth-order valence-electron chi connectivity index (χ4n) is 2.80. The van der Waals surface area contributed by atoms with Gasteiger partial charge < -0.3 is 9.73 Å².